The molecule has 0 spiro atoms. The standard InChI is InChI=1S/C10H10N2O5/c1-7-8(3-2-4-13)5-9(11(14)15)6-10(7)12(16)17/h2-3,5-6,13H,4H2,1H3/b3-2+. The molecule has 0 aromatic heterocycles. The second-order valence-electron chi connectivity index (χ2n) is 3.28. The van der Waals surface area contributed by atoms with Crippen LogP contribution in [0.1, 0.15) is 11.1 Å². The summed E-state index contributed by atoms with van der Waals surface area (Å²) >= 11 is 0. The molecule has 0 saturated carbocycles. The molecule has 1 N–H and O–H groups in total. The quantitative estimate of drug-likeness (QED) is 0.635. The van der Waals surface area contributed by atoms with Crippen molar-refractivity contribution in [3.05, 3.63) is 49.6 Å². The van der Waals surface area contributed by atoms with Crippen molar-refractivity contribution >= 4 is 17.5 Å². The van der Waals surface area contributed by atoms with Gasteiger partial charge in [0.15, 0.2) is 0 Å². The monoisotopic (exact) mass is 238 g/mol. The fourth-order valence-corrected chi connectivity index (χ4v) is 1.35. The molecule has 0 bridgehead atoms. The number of aliphatic hydroxyl groups is 1. The van der Waals surface area contributed by atoms with E-state index in [1.54, 1.807) is 0 Å². The highest BCUT2D eigenvalue weighted by Crippen LogP contribution is 2.28. The summed E-state index contributed by atoms with van der Waals surface area (Å²) in [4.78, 5) is 20.0. The highest BCUT2D eigenvalue weighted by Gasteiger charge is 2.19. The van der Waals surface area contributed by atoms with Gasteiger partial charge in [0.25, 0.3) is 11.4 Å². The Labute approximate surface area is 96.3 Å². The van der Waals surface area contributed by atoms with Crippen molar-refractivity contribution in [2.45, 2.75) is 6.92 Å². The minimum atomic E-state index is -0.692. The second kappa shape index (κ2) is 5.17. The van der Waals surface area contributed by atoms with Crippen LogP contribution in [0, 0.1) is 27.2 Å². The molecule has 1 rings (SSSR count). The summed E-state index contributed by atoms with van der Waals surface area (Å²) in [7, 11) is 0. The molecule has 7 nitrogen and oxygen atoms in total. The predicted octanol–water partition coefficient (Wildman–Crippen LogP) is 1.82. The summed E-state index contributed by atoms with van der Waals surface area (Å²) in [5.74, 6) is 0. The molecule has 0 radical (unpaired) electrons. The minimum absolute atomic E-state index is 0.240. The zero-order chi connectivity index (χ0) is 13.0. The largest absolute Gasteiger partial charge is 0.392 e. The van der Waals surface area contributed by atoms with Gasteiger partial charge in [-0.25, -0.2) is 0 Å². The lowest BCUT2D eigenvalue weighted by Gasteiger charge is -2.02. The topological polar surface area (TPSA) is 107 Å². The number of nitro groups is 2. The summed E-state index contributed by atoms with van der Waals surface area (Å²) in [6.45, 7) is 1.26. The van der Waals surface area contributed by atoms with Crippen molar-refractivity contribution < 1.29 is 15.0 Å². The fourth-order valence-electron chi connectivity index (χ4n) is 1.35. The average molecular weight is 238 g/mol. The zero-order valence-corrected chi connectivity index (χ0v) is 8.99. The van der Waals surface area contributed by atoms with Crippen LogP contribution in [-0.2, 0) is 0 Å². The van der Waals surface area contributed by atoms with E-state index in [0.717, 1.165) is 6.07 Å². The first-order chi connectivity index (χ1) is 7.97. The average Bonchev–Trinajstić information content (AvgIpc) is 2.26. The summed E-state index contributed by atoms with van der Waals surface area (Å²) in [5.41, 5.74) is 0.0157. The molecular formula is C10H10N2O5. The van der Waals surface area contributed by atoms with Gasteiger partial charge in [-0.15, -0.1) is 0 Å². The van der Waals surface area contributed by atoms with Crippen LogP contribution in [0.2, 0.25) is 0 Å². The van der Waals surface area contributed by atoms with Gasteiger partial charge in [0.2, 0.25) is 0 Å². The molecule has 0 heterocycles. The maximum Gasteiger partial charge on any atom is 0.279 e. The van der Waals surface area contributed by atoms with Crippen LogP contribution in [0.3, 0.4) is 0 Å². The normalized spacial score (nSPS) is 10.7. The van der Waals surface area contributed by atoms with E-state index in [2.05, 4.69) is 0 Å². The van der Waals surface area contributed by atoms with Crippen LogP contribution >= 0.6 is 0 Å². The molecule has 90 valence electrons. The van der Waals surface area contributed by atoms with E-state index in [9.17, 15) is 20.2 Å². The Morgan fingerprint density at radius 2 is 1.94 bits per heavy atom. The lowest BCUT2D eigenvalue weighted by Crippen LogP contribution is -1.97. The molecule has 17 heavy (non-hydrogen) atoms. The van der Waals surface area contributed by atoms with Gasteiger partial charge < -0.3 is 5.11 Å². The van der Waals surface area contributed by atoms with Gasteiger partial charge in [0.05, 0.1) is 22.5 Å². The van der Waals surface area contributed by atoms with E-state index in [4.69, 9.17) is 5.11 Å². The first-order valence-electron chi connectivity index (χ1n) is 4.68. The van der Waals surface area contributed by atoms with Crippen LogP contribution in [0.5, 0.6) is 0 Å². The molecule has 7 heteroatoms. The molecule has 0 aliphatic rings. The number of hydrogen-bond donors (Lipinski definition) is 1. The molecular weight excluding hydrogens is 228 g/mol. The maximum atomic E-state index is 10.7. The molecule has 0 saturated heterocycles. The van der Waals surface area contributed by atoms with Crippen LogP contribution in [0.25, 0.3) is 6.08 Å². The molecule has 0 fully saturated rings. The van der Waals surface area contributed by atoms with Gasteiger partial charge >= 0.3 is 0 Å². The number of benzene rings is 1. The van der Waals surface area contributed by atoms with Gasteiger partial charge in [0, 0.05) is 11.6 Å². The van der Waals surface area contributed by atoms with Gasteiger partial charge in [-0.05, 0) is 12.5 Å². The van der Waals surface area contributed by atoms with Crippen LogP contribution in [0.15, 0.2) is 18.2 Å². The van der Waals surface area contributed by atoms with E-state index in [1.165, 1.54) is 25.1 Å². The summed E-state index contributed by atoms with van der Waals surface area (Å²) in [5, 5.41) is 30.0. The number of non-ortho nitro benzene ring substituents is 1. The van der Waals surface area contributed by atoms with Gasteiger partial charge in [0.1, 0.15) is 0 Å². The van der Waals surface area contributed by atoms with Crippen LogP contribution < -0.4 is 0 Å². The molecule has 0 atom stereocenters. The van der Waals surface area contributed by atoms with Gasteiger partial charge in [-0.3, -0.25) is 20.2 Å². The molecule has 0 amide bonds. The summed E-state index contributed by atoms with van der Waals surface area (Å²) in [6.07, 6.45) is 2.77. The summed E-state index contributed by atoms with van der Waals surface area (Å²) < 4.78 is 0. The second-order valence-corrected chi connectivity index (χ2v) is 3.28. The van der Waals surface area contributed by atoms with Crippen molar-refractivity contribution in [1.82, 2.24) is 0 Å². The lowest BCUT2D eigenvalue weighted by atomic mass is 10.1. The number of hydrogen-bond acceptors (Lipinski definition) is 5. The summed E-state index contributed by atoms with van der Waals surface area (Å²) in [6, 6.07) is 2.15. The predicted molar refractivity (Wildman–Crippen MR) is 60.6 cm³/mol. The Bertz CT molecular complexity index is 496. The highest BCUT2D eigenvalue weighted by molar-refractivity contribution is 5.64. The zero-order valence-electron chi connectivity index (χ0n) is 8.99. The number of nitro benzene ring substituents is 2. The van der Waals surface area contributed by atoms with Crippen molar-refractivity contribution in [2.24, 2.45) is 0 Å². The molecule has 0 aliphatic heterocycles. The highest BCUT2D eigenvalue weighted by atomic mass is 16.6. The van der Waals surface area contributed by atoms with Gasteiger partial charge in [-0.1, -0.05) is 12.2 Å². The SMILES string of the molecule is Cc1c(/C=C/CO)cc([N+](=O)[O-])cc1[N+](=O)[O-]. The molecule has 1 aromatic rings. The van der Waals surface area contributed by atoms with E-state index in [0.29, 0.717) is 11.1 Å². The van der Waals surface area contributed by atoms with Crippen LogP contribution in [0.4, 0.5) is 11.4 Å². The number of aliphatic hydroxyl groups excluding tert-OH is 1. The number of nitrogens with zero attached hydrogens (tertiary/aromatic N) is 2. The Balaban J connectivity index is 3.42. The first-order valence-corrected chi connectivity index (χ1v) is 4.68. The van der Waals surface area contributed by atoms with E-state index < -0.39 is 9.85 Å². The third-order valence-electron chi connectivity index (χ3n) is 2.22. The van der Waals surface area contributed by atoms with Crippen molar-refractivity contribution in [3.63, 3.8) is 0 Å². The Morgan fingerprint density at radius 3 is 2.41 bits per heavy atom. The lowest BCUT2D eigenvalue weighted by molar-refractivity contribution is -0.394. The van der Waals surface area contributed by atoms with Crippen molar-refractivity contribution in [2.75, 3.05) is 6.61 Å². The Kier molecular flexibility index (Phi) is 3.89. The van der Waals surface area contributed by atoms with Crippen molar-refractivity contribution in [1.29, 1.82) is 0 Å². The first kappa shape index (κ1) is 12.8. The van der Waals surface area contributed by atoms with Crippen LogP contribution in [-0.4, -0.2) is 21.6 Å². The number of rotatable bonds is 4. The maximum absolute atomic E-state index is 10.7. The van der Waals surface area contributed by atoms with E-state index in [1.807, 2.05) is 0 Å². The van der Waals surface area contributed by atoms with E-state index >= 15 is 0 Å². The van der Waals surface area contributed by atoms with E-state index in [-0.39, 0.29) is 18.0 Å². The van der Waals surface area contributed by atoms with Gasteiger partial charge in [-0.2, -0.15) is 0 Å². The molecule has 1 aromatic carbocycles. The third-order valence-corrected chi connectivity index (χ3v) is 2.22. The Morgan fingerprint density at radius 1 is 1.29 bits per heavy atom. The molecule has 0 aliphatic carbocycles. The Hall–Kier alpha value is -2.28. The van der Waals surface area contributed by atoms with Crippen molar-refractivity contribution in [3.8, 4) is 0 Å². The third kappa shape index (κ3) is 2.85. The fraction of sp³-hybridized carbons (Fsp3) is 0.200. The smallest absolute Gasteiger partial charge is 0.279 e. The minimum Gasteiger partial charge on any atom is -0.392 e. The molecule has 0 unspecified atom stereocenters.